The van der Waals surface area contributed by atoms with Gasteiger partial charge in [-0.3, -0.25) is 4.79 Å². The van der Waals surface area contributed by atoms with E-state index in [4.69, 9.17) is 0 Å². The van der Waals surface area contributed by atoms with E-state index in [1.807, 2.05) is 27.7 Å². The molecule has 0 saturated heterocycles. The van der Waals surface area contributed by atoms with Crippen LogP contribution in [0.2, 0.25) is 0 Å². The number of nitrogens with zero attached hydrogens (tertiary/aromatic N) is 2. The van der Waals surface area contributed by atoms with E-state index in [2.05, 4.69) is 30.2 Å². The van der Waals surface area contributed by atoms with Crippen molar-refractivity contribution >= 4 is 17.7 Å². The zero-order chi connectivity index (χ0) is 16.2. The predicted octanol–water partition coefficient (Wildman–Crippen LogP) is 3.13. The van der Waals surface area contributed by atoms with Gasteiger partial charge in [0.15, 0.2) is 0 Å². The van der Waals surface area contributed by atoms with Gasteiger partial charge >= 0.3 is 0 Å². The molecule has 0 fully saturated rings. The second kappa shape index (κ2) is 7.46. The number of hydrogen-bond acceptors (Lipinski definition) is 4. The van der Waals surface area contributed by atoms with Crippen molar-refractivity contribution in [3.05, 3.63) is 22.4 Å². The molecule has 1 rings (SSSR count). The summed E-state index contributed by atoms with van der Waals surface area (Å²) >= 11 is 1.32. The van der Waals surface area contributed by atoms with Crippen LogP contribution in [0.4, 0.5) is 0 Å². The van der Waals surface area contributed by atoms with Crippen molar-refractivity contribution in [1.82, 2.24) is 10.3 Å². The molecule has 0 aliphatic carbocycles. The highest BCUT2D eigenvalue weighted by Gasteiger charge is 2.15. The lowest BCUT2D eigenvalue weighted by Crippen LogP contribution is -2.37. The van der Waals surface area contributed by atoms with Gasteiger partial charge < -0.3 is 5.32 Å². The largest absolute Gasteiger partial charge is 0.353 e. The standard InChI is InChI=1S/C16H23N3OS/c1-9(2)12(5)18-15(20)8-21-16-14(7-17)11(4)10(3)13(6)19-16/h9,12H,8H2,1-6H3,(H,18,20)/t12-/m0/s1. The van der Waals surface area contributed by atoms with Crippen LogP contribution in [0.25, 0.3) is 0 Å². The first kappa shape index (κ1) is 17.5. The summed E-state index contributed by atoms with van der Waals surface area (Å²) in [5.74, 6) is 0.652. The first-order valence-electron chi connectivity index (χ1n) is 7.08. The van der Waals surface area contributed by atoms with Crippen LogP contribution >= 0.6 is 11.8 Å². The highest BCUT2D eigenvalue weighted by atomic mass is 32.2. The molecule has 1 amide bonds. The fourth-order valence-electron chi connectivity index (χ4n) is 1.74. The Morgan fingerprint density at radius 1 is 1.29 bits per heavy atom. The average Bonchev–Trinajstić information content (AvgIpc) is 2.42. The van der Waals surface area contributed by atoms with Crippen molar-refractivity contribution in [2.45, 2.75) is 52.6 Å². The summed E-state index contributed by atoms with van der Waals surface area (Å²) in [7, 11) is 0. The molecule has 0 aromatic carbocycles. The van der Waals surface area contributed by atoms with Gasteiger partial charge in [-0.05, 0) is 44.7 Å². The molecule has 1 aromatic heterocycles. The Hall–Kier alpha value is -1.54. The Kier molecular flexibility index (Phi) is 6.22. The maximum absolute atomic E-state index is 11.9. The second-order valence-corrected chi connectivity index (χ2v) is 6.59. The topological polar surface area (TPSA) is 65.8 Å². The predicted molar refractivity (Wildman–Crippen MR) is 86.3 cm³/mol. The number of carbonyl (C=O) groups is 1. The molecule has 0 spiro atoms. The molecule has 0 bridgehead atoms. The third-order valence-electron chi connectivity index (χ3n) is 3.80. The van der Waals surface area contributed by atoms with Crippen LogP contribution in [-0.4, -0.2) is 22.7 Å². The molecular formula is C16H23N3OS. The first-order valence-corrected chi connectivity index (χ1v) is 8.06. The molecular weight excluding hydrogens is 282 g/mol. The van der Waals surface area contributed by atoms with Gasteiger partial charge in [0.05, 0.1) is 11.3 Å². The Balaban J connectivity index is 2.81. The summed E-state index contributed by atoms with van der Waals surface area (Å²) < 4.78 is 0. The minimum Gasteiger partial charge on any atom is -0.353 e. The SMILES string of the molecule is Cc1nc(SCC(=O)N[C@@H](C)C(C)C)c(C#N)c(C)c1C. The molecule has 1 atom stereocenters. The summed E-state index contributed by atoms with van der Waals surface area (Å²) in [5, 5.41) is 12.9. The monoisotopic (exact) mass is 305 g/mol. The Morgan fingerprint density at radius 3 is 2.43 bits per heavy atom. The van der Waals surface area contributed by atoms with Gasteiger partial charge in [0.2, 0.25) is 5.91 Å². The van der Waals surface area contributed by atoms with Crippen LogP contribution in [0, 0.1) is 38.0 Å². The Labute approximate surface area is 131 Å². The smallest absolute Gasteiger partial charge is 0.230 e. The first-order chi connectivity index (χ1) is 9.77. The highest BCUT2D eigenvalue weighted by Crippen LogP contribution is 2.26. The molecule has 21 heavy (non-hydrogen) atoms. The summed E-state index contributed by atoms with van der Waals surface area (Å²) in [6.07, 6.45) is 0. The number of nitriles is 1. The summed E-state index contributed by atoms with van der Waals surface area (Å²) in [5.41, 5.74) is 3.47. The number of rotatable bonds is 5. The molecule has 0 unspecified atom stereocenters. The van der Waals surface area contributed by atoms with Crippen molar-refractivity contribution in [1.29, 1.82) is 5.26 Å². The second-order valence-electron chi connectivity index (χ2n) is 5.63. The number of thioether (sulfide) groups is 1. The molecule has 0 aliphatic rings. The number of nitrogens with one attached hydrogen (secondary N) is 1. The van der Waals surface area contributed by atoms with Crippen molar-refractivity contribution < 1.29 is 4.79 Å². The van der Waals surface area contributed by atoms with Crippen molar-refractivity contribution in [2.75, 3.05) is 5.75 Å². The number of pyridine rings is 1. The normalized spacial score (nSPS) is 12.1. The van der Waals surface area contributed by atoms with Gasteiger partial charge in [-0.1, -0.05) is 25.6 Å². The van der Waals surface area contributed by atoms with E-state index < -0.39 is 0 Å². The van der Waals surface area contributed by atoms with Gasteiger partial charge in [-0.25, -0.2) is 4.98 Å². The van der Waals surface area contributed by atoms with Crippen LogP contribution in [-0.2, 0) is 4.79 Å². The van der Waals surface area contributed by atoms with Crippen molar-refractivity contribution in [3.63, 3.8) is 0 Å². The molecule has 1 N–H and O–H groups in total. The maximum atomic E-state index is 11.9. The number of amides is 1. The van der Waals surface area contributed by atoms with E-state index in [0.29, 0.717) is 16.5 Å². The Morgan fingerprint density at radius 2 is 1.90 bits per heavy atom. The van der Waals surface area contributed by atoms with Crippen LogP contribution in [0.15, 0.2) is 5.03 Å². The Bertz CT molecular complexity index is 576. The quantitative estimate of drug-likeness (QED) is 0.849. The third kappa shape index (κ3) is 4.47. The minimum absolute atomic E-state index is 0.0252. The fraction of sp³-hybridized carbons (Fsp3) is 0.562. The molecule has 5 heteroatoms. The third-order valence-corrected chi connectivity index (χ3v) is 4.78. The van der Waals surface area contributed by atoms with E-state index in [1.165, 1.54) is 11.8 Å². The summed E-state index contributed by atoms with van der Waals surface area (Å²) in [6.45, 7) is 11.9. The maximum Gasteiger partial charge on any atom is 0.230 e. The van der Waals surface area contributed by atoms with Crippen molar-refractivity contribution in [3.8, 4) is 6.07 Å². The molecule has 1 heterocycles. The molecule has 1 aromatic rings. The molecule has 0 radical (unpaired) electrons. The average molecular weight is 305 g/mol. The van der Waals surface area contributed by atoms with E-state index >= 15 is 0 Å². The minimum atomic E-state index is -0.0252. The molecule has 0 aliphatic heterocycles. The lowest BCUT2D eigenvalue weighted by Gasteiger charge is -2.17. The number of aromatic nitrogens is 1. The van der Waals surface area contributed by atoms with E-state index in [1.54, 1.807) is 0 Å². The van der Waals surface area contributed by atoms with Gasteiger partial charge in [0.25, 0.3) is 0 Å². The zero-order valence-electron chi connectivity index (χ0n) is 13.6. The van der Waals surface area contributed by atoms with Crippen LogP contribution in [0.1, 0.15) is 43.2 Å². The lowest BCUT2D eigenvalue weighted by molar-refractivity contribution is -0.119. The molecule has 114 valence electrons. The van der Waals surface area contributed by atoms with Crippen LogP contribution in [0.3, 0.4) is 0 Å². The molecule has 0 saturated carbocycles. The van der Waals surface area contributed by atoms with Gasteiger partial charge in [-0.2, -0.15) is 5.26 Å². The summed E-state index contributed by atoms with van der Waals surface area (Å²) in [6, 6.07) is 2.34. The lowest BCUT2D eigenvalue weighted by atomic mass is 10.1. The van der Waals surface area contributed by atoms with E-state index in [0.717, 1.165) is 16.8 Å². The van der Waals surface area contributed by atoms with Crippen LogP contribution in [0.5, 0.6) is 0 Å². The van der Waals surface area contributed by atoms with Gasteiger partial charge in [-0.15, -0.1) is 0 Å². The van der Waals surface area contributed by atoms with Crippen molar-refractivity contribution in [2.24, 2.45) is 5.92 Å². The zero-order valence-corrected chi connectivity index (χ0v) is 14.4. The fourth-order valence-corrected chi connectivity index (χ4v) is 2.64. The van der Waals surface area contributed by atoms with E-state index in [-0.39, 0.29) is 17.7 Å². The number of hydrogen-bond donors (Lipinski definition) is 1. The molecule has 4 nitrogen and oxygen atoms in total. The number of aryl methyl sites for hydroxylation is 1. The highest BCUT2D eigenvalue weighted by molar-refractivity contribution is 8.00. The van der Waals surface area contributed by atoms with E-state index in [9.17, 15) is 10.1 Å². The van der Waals surface area contributed by atoms with Gasteiger partial charge in [0.1, 0.15) is 11.1 Å². The number of carbonyl (C=O) groups excluding carboxylic acids is 1. The van der Waals surface area contributed by atoms with Gasteiger partial charge in [0, 0.05) is 11.7 Å². The summed E-state index contributed by atoms with van der Waals surface area (Å²) in [4.78, 5) is 16.4. The van der Waals surface area contributed by atoms with Crippen LogP contribution < -0.4 is 5.32 Å².